The highest BCUT2D eigenvalue weighted by atomic mass is 32.1. The van der Waals surface area contributed by atoms with Gasteiger partial charge in [0.2, 0.25) is 11.8 Å². The molecule has 4 saturated heterocycles. The van der Waals surface area contributed by atoms with Gasteiger partial charge in [0.05, 0.1) is 40.8 Å². The Morgan fingerprint density at radius 3 is 2.58 bits per heavy atom. The van der Waals surface area contributed by atoms with Crippen LogP contribution >= 0.6 is 11.3 Å². The molecule has 2 unspecified atom stereocenters. The Morgan fingerprint density at radius 2 is 1.82 bits per heavy atom. The largest absolute Gasteiger partial charge is 0.464 e. The fourth-order valence-corrected chi connectivity index (χ4v) is 13.7. The van der Waals surface area contributed by atoms with Crippen LogP contribution in [0.5, 0.6) is 0 Å². The predicted molar refractivity (Wildman–Crippen MR) is 269 cm³/mol. The van der Waals surface area contributed by atoms with Gasteiger partial charge in [-0.1, -0.05) is 32.8 Å². The Kier molecular flexibility index (Phi) is 13.5. The number of hydrogen-bond donors (Lipinski definition) is 3. The van der Waals surface area contributed by atoms with Crippen LogP contribution in [0.15, 0.2) is 41.9 Å². The summed E-state index contributed by atoms with van der Waals surface area (Å²) in [5.74, 6) is -0.173. The lowest BCUT2D eigenvalue weighted by Crippen LogP contribution is -2.68. The lowest BCUT2D eigenvalue weighted by Gasteiger charge is -2.56. The first-order valence-corrected chi connectivity index (χ1v) is 27.3. The van der Waals surface area contributed by atoms with Crippen molar-refractivity contribution in [2.45, 2.75) is 147 Å². The van der Waals surface area contributed by atoms with E-state index in [-0.39, 0.29) is 54.5 Å². The molecule has 2 saturated carbocycles. The number of cyclic esters (lactones) is 1. The van der Waals surface area contributed by atoms with Gasteiger partial charge in [0.15, 0.2) is 0 Å². The maximum Gasteiger partial charge on any atom is 0.406 e. The number of ether oxygens (including phenoxy) is 2. The number of nitrogens with zero attached hydrogens (tertiary/aromatic N) is 6. The lowest BCUT2D eigenvalue weighted by molar-refractivity contribution is -0.155. The highest BCUT2D eigenvalue weighted by Gasteiger charge is 2.57. The molecule has 7 aliphatic rings. The fourth-order valence-electron chi connectivity index (χ4n) is 12.9. The third-order valence-corrected chi connectivity index (χ3v) is 17.6. The minimum Gasteiger partial charge on any atom is -0.464 e. The number of likely N-dealkylation sites (tertiary alicyclic amines) is 2. The summed E-state index contributed by atoms with van der Waals surface area (Å²) < 4.78 is 57.3. The quantitative estimate of drug-likeness (QED) is 0.111. The predicted octanol–water partition coefficient (Wildman–Crippen LogP) is 6.98. The van der Waals surface area contributed by atoms with Gasteiger partial charge in [0.1, 0.15) is 24.7 Å². The highest BCUT2D eigenvalue weighted by molar-refractivity contribution is 7.10. The monoisotopic (exact) mass is 1030 g/mol. The van der Waals surface area contributed by atoms with E-state index in [2.05, 4.69) is 25.9 Å². The van der Waals surface area contributed by atoms with Crippen molar-refractivity contribution in [2.24, 2.45) is 22.7 Å². The number of nitrogens with one attached hydrogen (secondary N) is 3. The van der Waals surface area contributed by atoms with Crippen LogP contribution in [0, 0.1) is 22.7 Å². The van der Waals surface area contributed by atoms with Crippen molar-refractivity contribution in [2.75, 3.05) is 46.4 Å². The maximum absolute atomic E-state index is 15.1. The van der Waals surface area contributed by atoms with E-state index in [0.29, 0.717) is 101 Å². The molecular weight excluding hydrogens is 960 g/mol. The Bertz CT molecular complexity index is 2760. The number of esters is 1. The fraction of sp³-hybridized carbons (Fsp3) is 0.630. The number of aromatic nitrogens is 3. The molecule has 1 aromatic carbocycles. The summed E-state index contributed by atoms with van der Waals surface area (Å²) in [7, 11) is 1.54. The van der Waals surface area contributed by atoms with Crippen molar-refractivity contribution in [3.05, 3.63) is 58.2 Å². The zero-order chi connectivity index (χ0) is 51.0. The number of carbonyl (C=O) groups excluding carboxylic acids is 4. The molecule has 73 heavy (non-hydrogen) atoms. The zero-order valence-electron chi connectivity index (χ0n) is 42.3. The molecule has 3 N–H and O–H groups in total. The first-order valence-electron chi connectivity index (χ1n) is 26.5. The number of halogens is 3. The van der Waals surface area contributed by atoms with E-state index >= 15 is 4.79 Å². The topological polar surface area (TPSA) is 173 Å². The van der Waals surface area contributed by atoms with Gasteiger partial charge in [-0.15, -0.1) is 11.3 Å². The van der Waals surface area contributed by atoms with Crippen molar-refractivity contribution in [3.63, 3.8) is 0 Å². The van der Waals surface area contributed by atoms with E-state index in [0.717, 1.165) is 45.1 Å². The number of piperidine rings is 1. The Balaban J connectivity index is 0.926. The second-order valence-electron chi connectivity index (χ2n) is 23.0. The number of hydrogen-bond acceptors (Lipinski definition) is 12. The molecule has 3 aromatic heterocycles. The number of thiazole rings is 1. The van der Waals surface area contributed by atoms with Gasteiger partial charge in [-0.05, 0) is 113 Å². The molecule has 6 atom stereocenters. The Morgan fingerprint density at radius 1 is 1.03 bits per heavy atom. The second-order valence-corrected chi connectivity index (χ2v) is 23.9. The number of amides is 3. The molecule has 6 fully saturated rings. The molecule has 5 aliphatic heterocycles. The molecular formula is C54H68F3N9O6S. The number of benzene rings is 1. The zero-order valence-corrected chi connectivity index (χ0v) is 43.1. The van der Waals surface area contributed by atoms with Crippen molar-refractivity contribution >= 4 is 45.9 Å². The first kappa shape index (κ1) is 50.2. The van der Waals surface area contributed by atoms with Crippen LogP contribution < -0.4 is 16.1 Å². The molecule has 392 valence electrons. The summed E-state index contributed by atoms with van der Waals surface area (Å²) in [4.78, 5) is 71.5. The van der Waals surface area contributed by atoms with Gasteiger partial charge < -0.3 is 24.3 Å². The van der Waals surface area contributed by atoms with E-state index in [9.17, 15) is 27.6 Å². The molecule has 1 spiro atoms. The smallest absolute Gasteiger partial charge is 0.406 e. The van der Waals surface area contributed by atoms with E-state index in [1.165, 1.54) is 40.9 Å². The summed E-state index contributed by atoms with van der Waals surface area (Å²) in [6.07, 6.45) is 5.93. The van der Waals surface area contributed by atoms with Crippen molar-refractivity contribution < 1.29 is 41.8 Å². The second kappa shape index (κ2) is 19.6. The molecule has 15 nitrogen and oxygen atoms in total. The van der Waals surface area contributed by atoms with E-state index < -0.39 is 48.3 Å². The van der Waals surface area contributed by atoms with Gasteiger partial charge in [-0.3, -0.25) is 39.4 Å². The van der Waals surface area contributed by atoms with E-state index in [1.807, 2.05) is 37.1 Å². The summed E-state index contributed by atoms with van der Waals surface area (Å²) >= 11 is 1.35. The molecule has 2 aliphatic carbocycles. The molecule has 11 rings (SSSR count). The number of rotatable bonds is 10. The molecule has 19 heteroatoms. The molecule has 8 heterocycles. The van der Waals surface area contributed by atoms with E-state index in [4.69, 9.17) is 14.5 Å². The SMILES string of the molecule is CO[C@@H](C)c1ncccc1-c1c2c3cc(ccc3n1CC(F)(F)F)-c1csc(n1)C[C@H](NC(=O)C(C1CCCC1)N1CCCC3(CN(C(=O)[C@@H]4NC4C4CC4)C3)C1)C(=O)N1CCC[C@H](N1)C(=O)OCC(C)(C)C2. The van der Waals surface area contributed by atoms with Gasteiger partial charge >= 0.3 is 12.1 Å². The van der Waals surface area contributed by atoms with Crippen LogP contribution in [0.3, 0.4) is 0 Å². The third kappa shape index (κ3) is 10.3. The lowest BCUT2D eigenvalue weighted by atomic mass is 9.72. The van der Waals surface area contributed by atoms with Gasteiger partial charge in [0, 0.05) is 90.2 Å². The summed E-state index contributed by atoms with van der Waals surface area (Å²) in [6, 6.07) is 6.78. The summed E-state index contributed by atoms with van der Waals surface area (Å²) in [6.45, 7) is 7.51. The van der Waals surface area contributed by atoms with Crippen molar-refractivity contribution in [3.8, 4) is 22.5 Å². The first-order chi connectivity index (χ1) is 35.0. The standard InChI is InChI=1S/C54H68F3N9O6S/c1-31(71-4)43-35(12-7-19-58-43)47-37-24-52(2,3)30-72-51(70)38-13-8-21-66(62-38)49(68)39(23-42-59-40(25-73-42)34-16-17-41(36(37)22-34)65(47)29-54(55,56)57)60-48(67)46(33-10-5-6-11-33)63-20-9-18-53(26-63)27-64(28-53)50(69)45-44(61-45)32-14-15-32/h7,12,16-17,19,22,25,31-33,38-39,44-46,61-62H,5-6,8-11,13-15,18,20-21,23-24,26-30H2,1-4H3,(H,60,67)/t31-,38-,39-,44?,45+,46?/m0/s1. The van der Waals surface area contributed by atoms with Crippen LogP contribution in [0.1, 0.15) is 107 Å². The van der Waals surface area contributed by atoms with Crippen molar-refractivity contribution in [1.29, 1.82) is 0 Å². The number of pyridine rings is 1. The van der Waals surface area contributed by atoms with Crippen LogP contribution in [0.2, 0.25) is 0 Å². The van der Waals surface area contributed by atoms with Crippen LogP contribution in [-0.2, 0) is 48.0 Å². The average Bonchev–Trinajstić information content (AvgIpc) is 4.24. The number of alkyl halides is 3. The van der Waals surface area contributed by atoms with Crippen LogP contribution in [0.4, 0.5) is 13.2 Å². The third-order valence-electron chi connectivity index (χ3n) is 16.8. The molecule has 4 aromatic rings. The van der Waals surface area contributed by atoms with Gasteiger partial charge in [-0.2, -0.15) is 13.2 Å². The molecule has 6 bridgehead atoms. The highest BCUT2D eigenvalue weighted by Crippen LogP contribution is 2.46. The van der Waals surface area contributed by atoms with Gasteiger partial charge in [-0.25, -0.2) is 10.4 Å². The molecule has 0 radical (unpaired) electrons. The average molecular weight is 1030 g/mol. The number of methoxy groups -OCH3 is 1. The summed E-state index contributed by atoms with van der Waals surface area (Å²) in [5, 5.41) is 11.2. The number of hydrazine groups is 1. The number of carbonyl (C=O) groups is 4. The minimum atomic E-state index is -4.57. The Labute approximate surface area is 428 Å². The number of fused-ring (bicyclic) bond motifs is 6. The Hall–Kier alpha value is -4.95. The maximum atomic E-state index is 15.1. The summed E-state index contributed by atoms with van der Waals surface area (Å²) in [5.41, 5.74) is 5.95. The minimum absolute atomic E-state index is 0.0559. The van der Waals surface area contributed by atoms with Gasteiger partial charge in [0.25, 0.3) is 5.91 Å². The van der Waals surface area contributed by atoms with E-state index in [1.54, 1.807) is 30.5 Å². The molecule has 3 amide bonds. The van der Waals surface area contributed by atoms with Crippen LogP contribution in [0.25, 0.3) is 33.4 Å². The van der Waals surface area contributed by atoms with Crippen LogP contribution in [-0.4, -0.2) is 136 Å². The normalized spacial score (nSPS) is 26.6. The van der Waals surface area contributed by atoms with Crippen molar-refractivity contribution in [1.82, 2.24) is 45.4 Å².